The number of allylic oxidation sites excluding steroid dienone is 2. The van der Waals surface area contributed by atoms with Gasteiger partial charge in [-0.2, -0.15) is 0 Å². The van der Waals surface area contributed by atoms with Gasteiger partial charge in [0, 0.05) is 5.41 Å². The van der Waals surface area contributed by atoms with Gasteiger partial charge in [-0.15, -0.1) is 0 Å². The van der Waals surface area contributed by atoms with E-state index >= 15 is 0 Å². The first-order chi connectivity index (χ1) is 15.2. The fraction of sp³-hybridized carbons (Fsp3) is 0.933. The first-order valence-corrected chi connectivity index (χ1v) is 13.9. The Kier molecular flexibility index (Phi) is 5.23. The van der Waals surface area contributed by atoms with Crippen LogP contribution in [-0.4, -0.2) is 34.1 Å². The van der Waals surface area contributed by atoms with Gasteiger partial charge in [0.25, 0.3) is 0 Å². The minimum absolute atomic E-state index is 0.0275. The predicted molar refractivity (Wildman–Crippen MR) is 134 cm³/mol. The Bertz CT molecular complexity index is 843. The standard InChI is InChI=1S/C30H50O3/c1-25(2)14-15-30(18-31)20(16-25)19-8-9-22-27(5)12-11-23(32)26(3,4)21(27)10-13-28(22,6)29(19,7)17-24(30)33/h8,20-24,31-33H,9-18H2,1-7H3/t20-,21?,22?,23-,24?,27?,28?,29?,30+/m0/s1. The summed E-state index contributed by atoms with van der Waals surface area (Å²) in [6.45, 7) is 17.0. The molecule has 4 saturated carbocycles. The fourth-order valence-electron chi connectivity index (χ4n) is 10.7. The molecule has 6 unspecified atom stereocenters. The van der Waals surface area contributed by atoms with Crippen molar-refractivity contribution in [2.24, 2.45) is 50.2 Å². The Hall–Kier alpha value is -0.380. The number of aliphatic hydroxyl groups excluding tert-OH is 3. The predicted octanol–water partition coefficient (Wildman–Crippen LogP) is 6.11. The molecule has 3 nitrogen and oxygen atoms in total. The summed E-state index contributed by atoms with van der Waals surface area (Å²) >= 11 is 0. The summed E-state index contributed by atoms with van der Waals surface area (Å²) in [5, 5.41) is 33.3. The van der Waals surface area contributed by atoms with Crippen LogP contribution in [0, 0.1) is 50.2 Å². The lowest BCUT2D eigenvalue weighted by atomic mass is 9.33. The van der Waals surface area contributed by atoms with Crippen molar-refractivity contribution in [3.63, 3.8) is 0 Å². The van der Waals surface area contributed by atoms with Crippen LogP contribution in [0.2, 0.25) is 0 Å². The first-order valence-electron chi connectivity index (χ1n) is 13.9. The van der Waals surface area contributed by atoms with Gasteiger partial charge in [0.2, 0.25) is 0 Å². The third kappa shape index (κ3) is 2.91. The molecule has 0 aliphatic heterocycles. The van der Waals surface area contributed by atoms with Crippen LogP contribution in [0.5, 0.6) is 0 Å². The molecule has 0 saturated heterocycles. The van der Waals surface area contributed by atoms with Crippen LogP contribution in [0.1, 0.15) is 106 Å². The van der Waals surface area contributed by atoms with Gasteiger partial charge in [-0.05, 0) is 103 Å². The number of aliphatic hydroxyl groups is 3. The van der Waals surface area contributed by atoms with Crippen LogP contribution in [0.25, 0.3) is 0 Å². The normalized spacial score (nSPS) is 54.8. The van der Waals surface area contributed by atoms with Gasteiger partial charge in [-0.25, -0.2) is 0 Å². The zero-order chi connectivity index (χ0) is 24.2. The van der Waals surface area contributed by atoms with Gasteiger partial charge in [0.15, 0.2) is 0 Å². The van der Waals surface area contributed by atoms with E-state index in [0.717, 1.165) is 44.9 Å². The van der Waals surface area contributed by atoms with Crippen LogP contribution in [0.3, 0.4) is 0 Å². The van der Waals surface area contributed by atoms with E-state index in [0.29, 0.717) is 11.8 Å². The molecular weight excluding hydrogens is 408 g/mol. The SMILES string of the molecule is CC1(C)CC[C@]2(CO)C(O)CC3(C)C(=CCC4C5(C)CC[C@H](O)C(C)(C)C5CCC43C)[C@@H]2C1. The summed E-state index contributed by atoms with van der Waals surface area (Å²) in [7, 11) is 0. The molecule has 4 fully saturated rings. The summed E-state index contributed by atoms with van der Waals surface area (Å²) in [5.41, 5.74) is 1.78. The van der Waals surface area contributed by atoms with Gasteiger partial charge < -0.3 is 15.3 Å². The lowest BCUT2D eigenvalue weighted by Crippen LogP contribution is -2.67. The summed E-state index contributed by atoms with van der Waals surface area (Å²) in [6, 6.07) is 0. The summed E-state index contributed by atoms with van der Waals surface area (Å²) in [6.07, 6.45) is 11.3. The van der Waals surface area contributed by atoms with Gasteiger partial charge in [0.05, 0.1) is 18.8 Å². The van der Waals surface area contributed by atoms with E-state index in [1.54, 1.807) is 5.57 Å². The molecule has 5 aliphatic carbocycles. The molecule has 0 amide bonds. The van der Waals surface area contributed by atoms with Crippen molar-refractivity contribution in [2.75, 3.05) is 6.61 Å². The third-order valence-electron chi connectivity index (χ3n) is 13.2. The van der Waals surface area contributed by atoms with Gasteiger partial charge in [0.1, 0.15) is 0 Å². The largest absolute Gasteiger partial charge is 0.396 e. The second-order valence-corrected chi connectivity index (χ2v) is 15.2. The second kappa shape index (κ2) is 7.10. The maximum absolute atomic E-state index is 11.7. The number of fused-ring (bicyclic) bond motifs is 7. The highest BCUT2D eigenvalue weighted by Gasteiger charge is 2.69. The van der Waals surface area contributed by atoms with Gasteiger partial charge in [-0.3, -0.25) is 0 Å². The van der Waals surface area contributed by atoms with E-state index in [1.165, 1.54) is 12.8 Å². The summed E-state index contributed by atoms with van der Waals surface area (Å²) in [4.78, 5) is 0. The van der Waals surface area contributed by atoms with Crippen molar-refractivity contribution in [3.05, 3.63) is 11.6 Å². The Labute approximate surface area is 202 Å². The molecule has 0 aromatic heterocycles. The number of hydrogen-bond donors (Lipinski definition) is 3. The zero-order valence-corrected chi connectivity index (χ0v) is 22.4. The highest BCUT2D eigenvalue weighted by Crippen LogP contribution is 2.75. The molecule has 33 heavy (non-hydrogen) atoms. The van der Waals surface area contributed by atoms with Crippen molar-refractivity contribution in [1.29, 1.82) is 0 Å². The van der Waals surface area contributed by atoms with E-state index < -0.39 is 6.10 Å². The zero-order valence-electron chi connectivity index (χ0n) is 22.4. The lowest BCUT2D eigenvalue weighted by molar-refractivity contribution is -0.218. The molecule has 0 aromatic carbocycles. The first kappa shape index (κ1) is 24.3. The molecule has 0 spiro atoms. The van der Waals surface area contributed by atoms with E-state index in [1.807, 2.05) is 0 Å². The van der Waals surface area contributed by atoms with Crippen molar-refractivity contribution >= 4 is 0 Å². The molecule has 0 bridgehead atoms. The van der Waals surface area contributed by atoms with E-state index in [2.05, 4.69) is 54.5 Å². The molecular formula is C30H50O3. The Morgan fingerprint density at radius 1 is 0.818 bits per heavy atom. The average molecular weight is 459 g/mol. The highest BCUT2D eigenvalue weighted by atomic mass is 16.3. The molecule has 3 heteroatoms. The highest BCUT2D eigenvalue weighted by molar-refractivity contribution is 5.35. The second-order valence-electron chi connectivity index (χ2n) is 15.2. The Morgan fingerprint density at radius 2 is 1.52 bits per heavy atom. The van der Waals surface area contributed by atoms with Crippen molar-refractivity contribution in [2.45, 2.75) is 118 Å². The minimum atomic E-state index is -0.434. The maximum atomic E-state index is 11.7. The minimum Gasteiger partial charge on any atom is -0.396 e. The van der Waals surface area contributed by atoms with Crippen molar-refractivity contribution in [3.8, 4) is 0 Å². The van der Waals surface area contributed by atoms with Gasteiger partial charge in [-0.1, -0.05) is 60.1 Å². The van der Waals surface area contributed by atoms with Crippen LogP contribution in [0.4, 0.5) is 0 Å². The molecule has 0 radical (unpaired) electrons. The quantitative estimate of drug-likeness (QED) is 0.415. The van der Waals surface area contributed by atoms with Crippen LogP contribution < -0.4 is 0 Å². The summed E-state index contributed by atoms with van der Waals surface area (Å²) < 4.78 is 0. The lowest BCUT2D eigenvalue weighted by Gasteiger charge is -2.72. The van der Waals surface area contributed by atoms with Crippen LogP contribution >= 0.6 is 0 Å². The molecule has 0 aromatic rings. The molecule has 188 valence electrons. The molecule has 5 rings (SSSR count). The Morgan fingerprint density at radius 3 is 2.18 bits per heavy atom. The maximum Gasteiger partial charge on any atom is 0.0632 e. The number of rotatable bonds is 1. The van der Waals surface area contributed by atoms with E-state index in [-0.39, 0.29) is 51.1 Å². The molecule has 3 N–H and O–H groups in total. The Balaban J connectivity index is 1.61. The molecule has 5 aliphatic rings. The third-order valence-corrected chi connectivity index (χ3v) is 13.2. The topological polar surface area (TPSA) is 60.7 Å². The monoisotopic (exact) mass is 458 g/mol. The van der Waals surface area contributed by atoms with Crippen LogP contribution in [-0.2, 0) is 0 Å². The number of hydrogen-bond acceptors (Lipinski definition) is 3. The van der Waals surface area contributed by atoms with Crippen molar-refractivity contribution in [1.82, 2.24) is 0 Å². The van der Waals surface area contributed by atoms with Crippen LogP contribution in [0.15, 0.2) is 11.6 Å². The van der Waals surface area contributed by atoms with E-state index in [9.17, 15) is 15.3 Å². The smallest absolute Gasteiger partial charge is 0.0632 e. The van der Waals surface area contributed by atoms with Crippen molar-refractivity contribution < 1.29 is 15.3 Å². The average Bonchev–Trinajstić information content (AvgIpc) is 2.71. The van der Waals surface area contributed by atoms with E-state index in [4.69, 9.17) is 0 Å². The molecule has 9 atom stereocenters. The van der Waals surface area contributed by atoms with Gasteiger partial charge >= 0.3 is 0 Å². The summed E-state index contributed by atoms with van der Waals surface area (Å²) in [5.74, 6) is 1.41. The fourth-order valence-corrected chi connectivity index (χ4v) is 10.7. The molecule has 0 heterocycles.